The largest absolute Gasteiger partial charge is 0.353 e. The van der Waals surface area contributed by atoms with Crippen LogP contribution in [0.25, 0.3) is 5.65 Å². The third-order valence-corrected chi connectivity index (χ3v) is 3.46. The Balaban J connectivity index is 1.59. The zero-order valence-electron chi connectivity index (χ0n) is 12.0. The molecule has 2 heterocycles. The topological polar surface area (TPSA) is 68.2 Å². The molecule has 0 radical (unpaired) electrons. The van der Waals surface area contributed by atoms with E-state index in [0.717, 1.165) is 24.2 Å². The SMILES string of the molecule is Cc1ccn2nc(NCCC(N)c3ccccc3)nc2c1. The molecule has 5 heteroatoms. The van der Waals surface area contributed by atoms with Crippen molar-refractivity contribution in [2.45, 2.75) is 19.4 Å². The lowest BCUT2D eigenvalue weighted by Gasteiger charge is -2.11. The van der Waals surface area contributed by atoms with Gasteiger partial charge in [-0.1, -0.05) is 30.3 Å². The van der Waals surface area contributed by atoms with Crippen LogP contribution >= 0.6 is 0 Å². The molecule has 0 aliphatic carbocycles. The molecule has 108 valence electrons. The van der Waals surface area contributed by atoms with Gasteiger partial charge in [0.2, 0.25) is 5.95 Å². The summed E-state index contributed by atoms with van der Waals surface area (Å²) in [7, 11) is 0. The molecule has 1 atom stereocenters. The van der Waals surface area contributed by atoms with E-state index in [4.69, 9.17) is 5.73 Å². The number of pyridine rings is 1. The van der Waals surface area contributed by atoms with E-state index in [-0.39, 0.29) is 6.04 Å². The number of nitrogens with two attached hydrogens (primary N) is 1. The number of benzene rings is 1. The monoisotopic (exact) mass is 281 g/mol. The summed E-state index contributed by atoms with van der Waals surface area (Å²) in [4.78, 5) is 4.44. The van der Waals surface area contributed by atoms with Gasteiger partial charge in [0.05, 0.1) is 0 Å². The van der Waals surface area contributed by atoms with Crippen molar-refractivity contribution in [1.82, 2.24) is 14.6 Å². The molecule has 2 aromatic heterocycles. The summed E-state index contributed by atoms with van der Waals surface area (Å²) in [6.07, 6.45) is 2.75. The Morgan fingerprint density at radius 1 is 1.24 bits per heavy atom. The third kappa shape index (κ3) is 3.20. The quantitative estimate of drug-likeness (QED) is 0.754. The maximum absolute atomic E-state index is 6.17. The van der Waals surface area contributed by atoms with Crippen molar-refractivity contribution < 1.29 is 0 Å². The zero-order chi connectivity index (χ0) is 14.7. The second kappa shape index (κ2) is 5.93. The summed E-state index contributed by atoms with van der Waals surface area (Å²) < 4.78 is 1.77. The van der Waals surface area contributed by atoms with Crippen LogP contribution < -0.4 is 11.1 Å². The molecule has 5 nitrogen and oxygen atoms in total. The van der Waals surface area contributed by atoms with Gasteiger partial charge in [-0.3, -0.25) is 0 Å². The smallest absolute Gasteiger partial charge is 0.243 e. The van der Waals surface area contributed by atoms with Crippen LogP contribution in [0.4, 0.5) is 5.95 Å². The van der Waals surface area contributed by atoms with E-state index < -0.39 is 0 Å². The molecule has 0 fully saturated rings. The van der Waals surface area contributed by atoms with Gasteiger partial charge in [-0.25, -0.2) is 4.52 Å². The number of hydrogen-bond donors (Lipinski definition) is 2. The molecule has 0 amide bonds. The molecule has 0 aliphatic rings. The number of aromatic nitrogens is 3. The summed E-state index contributed by atoms with van der Waals surface area (Å²) in [6.45, 7) is 2.78. The summed E-state index contributed by atoms with van der Waals surface area (Å²) in [6, 6.07) is 14.2. The lowest BCUT2D eigenvalue weighted by Crippen LogP contribution is -2.15. The predicted octanol–water partition coefficient (Wildman–Crippen LogP) is 2.54. The average molecular weight is 281 g/mol. The highest BCUT2D eigenvalue weighted by atomic mass is 15.3. The van der Waals surface area contributed by atoms with E-state index >= 15 is 0 Å². The predicted molar refractivity (Wildman–Crippen MR) is 84.2 cm³/mol. The highest BCUT2D eigenvalue weighted by Gasteiger charge is 2.06. The van der Waals surface area contributed by atoms with Gasteiger partial charge >= 0.3 is 0 Å². The number of hydrogen-bond acceptors (Lipinski definition) is 4. The van der Waals surface area contributed by atoms with Crippen LogP contribution in [0.3, 0.4) is 0 Å². The van der Waals surface area contributed by atoms with Crippen molar-refractivity contribution in [1.29, 1.82) is 0 Å². The van der Waals surface area contributed by atoms with Crippen LogP contribution in [-0.2, 0) is 0 Å². The van der Waals surface area contributed by atoms with E-state index in [1.54, 1.807) is 4.52 Å². The van der Waals surface area contributed by atoms with Crippen LogP contribution in [0, 0.1) is 6.92 Å². The highest BCUT2D eigenvalue weighted by molar-refractivity contribution is 5.45. The van der Waals surface area contributed by atoms with E-state index in [1.807, 2.05) is 43.5 Å². The van der Waals surface area contributed by atoms with E-state index in [9.17, 15) is 0 Å². The molecular weight excluding hydrogens is 262 g/mol. The van der Waals surface area contributed by atoms with Crippen molar-refractivity contribution in [3.63, 3.8) is 0 Å². The molecule has 3 aromatic rings. The van der Waals surface area contributed by atoms with Gasteiger partial charge in [-0.15, -0.1) is 5.10 Å². The Morgan fingerprint density at radius 3 is 2.86 bits per heavy atom. The van der Waals surface area contributed by atoms with Gasteiger partial charge < -0.3 is 11.1 Å². The fourth-order valence-corrected chi connectivity index (χ4v) is 2.26. The van der Waals surface area contributed by atoms with Crippen molar-refractivity contribution >= 4 is 11.6 Å². The van der Waals surface area contributed by atoms with Crippen LogP contribution in [0.1, 0.15) is 23.6 Å². The molecule has 0 saturated heterocycles. The molecule has 3 N–H and O–H groups in total. The summed E-state index contributed by atoms with van der Waals surface area (Å²) >= 11 is 0. The van der Waals surface area contributed by atoms with Gasteiger partial charge in [-0.05, 0) is 36.6 Å². The molecule has 3 rings (SSSR count). The van der Waals surface area contributed by atoms with E-state index in [0.29, 0.717) is 5.95 Å². The molecule has 0 bridgehead atoms. The van der Waals surface area contributed by atoms with Crippen LogP contribution in [0.5, 0.6) is 0 Å². The number of nitrogens with one attached hydrogen (secondary N) is 1. The van der Waals surface area contributed by atoms with Gasteiger partial charge in [-0.2, -0.15) is 4.98 Å². The molecular formula is C16H19N5. The van der Waals surface area contributed by atoms with Crippen molar-refractivity contribution in [3.8, 4) is 0 Å². The fraction of sp³-hybridized carbons (Fsp3) is 0.250. The Bertz CT molecular complexity index is 720. The van der Waals surface area contributed by atoms with Crippen LogP contribution in [0.15, 0.2) is 48.7 Å². The van der Waals surface area contributed by atoms with Gasteiger partial charge in [0.25, 0.3) is 0 Å². The molecule has 0 saturated carbocycles. The molecule has 1 aromatic carbocycles. The molecule has 21 heavy (non-hydrogen) atoms. The maximum Gasteiger partial charge on any atom is 0.243 e. The minimum atomic E-state index is 0.0259. The van der Waals surface area contributed by atoms with E-state index in [2.05, 4.69) is 27.5 Å². The van der Waals surface area contributed by atoms with Crippen molar-refractivity contribution in [3.05, 3.63) is 59.8 Å². The first kappa shape index (κ1) is 13.6. The second-order valence-corrected chi connectivity index (χ2v) is 5.17. The number of nitrogens with zero attached hydrogens (tertiary/aromatic N) is 3. The van der Waals surface area contributed by atoms with E-state index in [1.165, 1.54) is 5.56 Å². The summed E-state index contributed by atoms with van der Waals surface area (Å²) in [5.74, 6) is 0.640. The van der Waals surface area contributed by atoms with Crippen LogP contribution in [0.2, 0.25) is 0 Å². The van der Waals surface area contributed by atoms with Gasteiger partial charge in [0.15, 0.2) is 5.65 Å². The Labute approximate surface area is 123 Å². The number of rotatable bonds is 5. The molecule has 0 spiro atoms. The minimum Gasteiger partial charge on any atom is -0.353 e. The van der Waals surface area contributed by atoms with Crippen LogP contribution in [-0.4, -0.2) is 21.1 Å². The normalized spacial score (nSPS) is 12.5. The second-order valence-electron chi connectivity index (χ2n) is 5.17. The Kier molecular flexibility index (Phi) is 3.83. The van der Waals surface area contributed by atoms with Gasteiger partial charge in [0.1, 0.15) is 0 Å². The number of aryl methyl sites for hydroxylation is 1. The first-order valence-corrected chi connectivity index (χ1v) is 7.10. The Hall–Kier alpha value is -2.40. The average Bonchev–Trinajstić information content (AvgIpc) is 2.89. The standard InChI is InChI=1S/C16H19N5/c1-12-8-10-21-15(11-12)19-16(20-21)18-9-7-14(17)13-5-3-2-4-6-13/h2-6,8,10-11,14H,7,9,17H2,1H3,(H,18,20). The summed E-state index contributed by atoms with van der Waals surface area (Å²) in [5, 5.41) is 7.61. The number of anilines is 1. The maximum atomic E-state index is 6.17. The summed E-state index contributed by atoms with van der Waals surface area (Å²) in [5.41, 5.74) is 9.34. The lowest BCUT2D eigenvalue weighted by molar-refractivity contribution is 0.673. The van der Waals surface area contributed by atoms with Crippen molar-refractivity contribution in [2.24, 2.45) is 5.73 Å². The molecule has 0 aliphatic heterocycles. The minimum absolute atomic E-state index is 0.0259. The Morgan fingerprint density at radius 2 is 2.05 bits per heavy atom. The number of fused-ring (bicyclic) bond motifs is 1. The fourth-order valence-electron chi connectivity index (χ4n) is 2.26. The van der Waals surface area contributed by atoms with Gasteiger partial charge in [0, 0.05) is 18.8 Å². The lowest BCUT2D eigenvalue weighted by atomic mass is 10.1. The highest BCUT2D eigenvalue weighted by Crippen LogP contribution is 2.13. The van der Waals surface area contributed by atoms with Crippen molar-refractivity contribution in [2.75, 3.05) is 11.9 Å². The molecule has 1 unspecified atom stereocenters. The first-order valence-electron chi connectivity index (χ1n) is 7.10. The zero-order valence-corrected chi connectivity index (χ0v) is 12.0. The first-order chi connectivity index (χ1) is 10.2. The third-order valence-electron chi connectivity index (χ3n) is 3.46.